The van der Waals surface area contributed by atoms with Gasteiger partial charge in [-0.2, -0.15) is 0 Å². The standard InChI is InChI=1S/C21H36N4O5/c1-21(2,3)30-20(26)25-13-8-12-23-19(22-4)24-14-11-15-9-10-16(27-5)18(29-7)17(15)28-6/h9-10H,8,11-14H2,1-7H3,(H,25,26)(H2,22,23,24). The SMILES string of the molecule is CN=C(NCCCNC(=O)OC(C)(C)C)NCCc1ccc(OC)c(OC)c1OC. The summed E-state index contributed by atoms with van der Waals surface area (Å²) in [6.45, 7) is 7.34. The van der Waals surface area contributed by atoms with Crippen LogP contribution in [-0.2, 0) is 11.2 Å². The van der Waals surface area contributed by atoms with E-state index in [0.717, 1.165) is 12.0 Å². The number of alkyl carbamates (subject to hydrolysis) is 1. The van der Waals surface area contributed by atoms with Gasteiger partial charge < -0.3 is 34.9 Å². The molecule has 0 aliphatic rings. The van der Waals surface area contributed by atoms with Crippen LogP contribution in [0.2, 0.25) is 0 Å². The Morgan fingerprint density at radius 2 is 1.57 bits per heavy atom. The molecule has 0 radical (unpaired) electrons. The molecule has 30 heavy (non-hydrogen) atoms. The van der Waals surface area contributed by atoms with Crippen molar-refractivity contribution < 1.29 is 23.7 Å². The third kappa shape index (κ3) is 8.67. The van der Waals surface area contributed by atoms with Gasteiger partial charge in [0.15, 0.2) is 17.5 Å². The number of aliphatic imine (C=N–C) groups is 1. The van der Waals surface area contributed by atoms with Crippen LogP contribution in [0, 0.1) is 0 Å². The molecule has 1 amide bonds. The first-order valence-corrected chi connectivity index (χ1v) is 9.95. The van der Waals surface area contributed by atoms with Crippen LogP contribution in [0.5, 0.6) is 17.2 Å². The van der Waals surface area contributed by atoms with Crippen LogP contribution < -0.4 is 30.2 Å². The summed E-state index contributed by atoms with van der Waals surface area (Å²) >= 11 is 0. The highest BCUT2D eigenvalue weighted by Crippen LogP contribution is 2.39. The zero-order valence-electron chi connectivity index (χ0n) is 19.2. The Labute approximate surface area is 179 Å². The molecule has 0 atom stereocenters. The highest BCUT2D eigenvalue weighted by atomic mass is 16.6. The van der Waals surface area contributed by atoms with E-state index in [4.69, 9.17) is 18.9 Å². The molecule has 0 spiro atoms. The molecule has 0 unspecified atom stereocenters. The number of amides is 1. The summed E-state index contributed by atoms with van der Waals surface area (Å²) in [5.74, 6) is 2.56. The van der Waals surface area contributed by atoms with Crippen molar-refractivity contribution in [1.29, 1.82) is 0 Å². The molecule has 0 bridgehead atoms. The Kier molecular flexibility index (Phi) is 10.6. The highest BCUT2D eigenvalue weighted by Gasteiger charge is 2.16. The number of nitrogens with zero attached hydrogens (tertiary/aromatic N) is 1. The lowest BCUT2D eigenvalue weighted by atomic mass is 10.1. The number of carbonyl (C=O) groups excluding carboxylic acids is 1. The van der Waals surface area contributed by atoms with Crippen LogP contribution in [-0.4, -0.2) is 65.7 Å². The van der Waals surface area contributed by atoms with E-state index in [1.165, 1.54) is 0 Å². The first-order valence-electron chi connectivity index (χ1n) is 9.95. The number of carbonyl (C=O) groups is 1. The summed E-state index contributed by atoms with van der Waals surface area (Å²) in [7, 11) is 6.51. The van der Waals surface area contributed by atoms with Crippen molar-refractivity contribution in [2.24, 2.45) is 4.99 Å². The normalized spacial score (nSPS) is 11.5. The molecule has 0 aromatic heterocycles. The molecule has 3 N–H and O–H groups in total. The van der Waals surface area contributed by atoms with Gasteiger partial charge in [0.1, 0.15) is 5.60 Å². The van der Waals surface area contributed by atoms with Crippen molar-refractivity contribution in [1.82, 2.24) is 16.0 Å². The maximum atomic E-state index is 11.6. The van der Waals surface area contributed by atoms with Gasteiger partial charge in [-0.15, -0.1) is 0 Å². The lowest BCUT2D eigenvalue weighted by molar-refractivity contribution is 0.0527. The second kappa shape index (κ2) is 12.7. The van der Waals surface area contributed by atoms with E-state index in [1.807, 2.05) is 32.9 Å². The minimum absolute atomic E-state index is 0.408. The van der Waals surface area contributed by atoms with Crippen LogP contribution in [0.15, 0.2) is 17.1 Å². The van der Waals surface area contributed by atoms with Gasteiger partial charge in [0, 0.05) is 32.2 Å². The summed E-state index contributed by atoms with van der Waals surface area (Å²) < 4.78 is 21.4. The van der Waals surface area contributed by atoms with E-state index in [2.05, 4.69) is 20.9 Å². The largest absolute Gasteiger partial charge is 0.493 e. The summed E-state index contributed by atoms with van der Waals surface area (Å²) in [6.07, 6.45) is 1.04. The molecule has 0 saturated heterocycles. The minimum atomic E-state index is -0.495. The van der Waals surface area contributed by atoms with Gasteiger partial charge in [-0.1, -0.05) is 6.07 Å². The molecule has 1 aromatic carbocycles. The van der Waals surface area contributed by atoms with Crippen molar-refractivity contribution in [2.75, 3.05) is 48.0 Å². The number of guanidine groups is 1. The van der Waals surface area contributed by atoms with Crippen LogP contribution >= 0.6 is 0 Å². The zero-order valence-corrected chi connectivity index (χ0v) is 19.2. The quantitative estimate of drug-likeness (QED) is 0.301. The zero-order chi connectivity index (χ0) is 22.6. The van der Waals surface area contributed by atoms with E-state index >= 15 is 0 Å². The molecule has 170 valence electrons. The van der Waals surface area contributed by atoms with Crippen LogP contribution in [0.3, 0.4) is 0 Å². The van der Waals surface area contributed by atoms with Gasteiger partial charge in [0.2, 0.25) is 5.75 Å². The van der Waals surface area contributed by atoms with Crippen molar-refractivity contribution in [3.8, 4) is 17.2 Å². The lowest BCUT2D eigenvalue weighted by Crippen LogP contribution is -2.40. The van der Waals surface area contributed by atoms with Gasteiger partial charge in [0.05, 0.1) is 21.3 Å². The topological polar surface area (TPSA) is 102 Å². The fourth-order valence-electron chi connectivity index (χ4n) is 2.70. The molecule has 9 nitrogen and oxygen atoms in total. The van der Waals surface area contributed by atoms with E-state index in [9.17, 15) is 4.79 Å². The Morgan fingerprint density at radius 3 is 2.13 bits per heavy atom. The molecule has 1 rings (SSSR count). The Bertz CT molecular complexity index is 701. The predicted molar refractivity (Wildman–Crippen MR) is 118 cm³/mol. The molecule has 0 aliphatic heterocycles. The number of benzene rings is 1. The van der Waals surface area contributed by atoms with Gasteiger partial charge in [0.25, 0.3) is 0 Å². The molecule has 0 heterocycles. The number of hydrogen-bond acceptors (Lipinski definition) is 6. The molecule has 9 heteroatoms. The van der Waals surface area contributed by atoms with Crippen LogP contribution in [0.4, 0.5) is 4.79 Å². The average molecular weight is 425 g/mol. The number of methoxy groups -OCH3 is 3. The first-order chi connectivity index (χ1) is 14.3. The van der Waals surface area contributed by atoms with Crippen LogP contribution in [0.1, 0.15) is 32.8 Å². The third-order valence-corrected chi connectivity index (χ3v) is 4.01. The van der Waals surface area contributed by atoms with E-state index in [0.29, 0.717) is 49.3 Å². The summed E-state index contributed by atoms with van der Waals surface area (Å²) in [4.78, 5) is 15.8. The van der Waals surface area contributed by atoms with Gasteiger partial charge in [-0.3, -0.25) is 4.99 Å². The number of ether oxygens (including phenoxy) is 4. The van der Waals surface area contributed by atoms with Crippen molar-refractivity contribution >= 4 is 12.1 Å². The monoisotopic (exact) mass is 424 g/mol. The molecule has 1 aromatic rings. The van der Waals surface area contributed by atoms with Crippen molar-refractivity contribution in [3.63, 3.8) is 0 Å². The minimum Gasteiger partial charge on any atom is -0.493 e. The second-order valence-electron chi connectivity index (χ2n) is 7.45. The molecular formula is C21H36N4O5. The number of hydrogen-bond donors (Lipinski definition) is 3. The fraction of sp³-hybridized carbons (Fsp3) is 0.619. The maximum absolute atomic E-state index is 11.6. The van der Waals surface area contributed by atoms with Gasteiger partial charge in [-0.25, -0.2) is 4.79 Å². The lowest BCUT2D eigenvalue weighted by Gasteiger charge is -2.19. The smallest absolute Gasteiger partial charge is 0.407 e. The van der Waals surface area contributed by atoms with Crippen molar-refractivity contribution in [3.05, 3.63) is 17.7 Å². The Morgan fingerprint density at radius 1 is 0.933 bits per heavy atom. The van der Waals surface area contributed by atoms with Crippen molar-refractivity contribution in [2.45, 2.75) is 39.2 Å². The first kappa shape index (κ1) is 25.2. The van der Waals surface area contributed by atoms with Crippen LogP contribution in [0.25, 0.3) is 0 Å². The van der Waals surface area contributed by atoms with Gasteiger partial charge >= 0.3 is 6.09 Å². The number of nitrogens with one attached hydrogen (secondary N) is 3. The molecular weight excluding hydrogens is 388 g/mol. The Hall–Kier alpha value is -2.84. The van der Waals surface area contributed by atoms with E-state index < -0.39 is 11.7 Å². The highest BCUT2D eigenvalue weighted by molar-refractivity contribution is 5.79. The fourth-order valence-corrected chi connectivity index (χ4v) is 2.70. The summed E-state index contributed by atoms with van der Waals surface area (Å²) in [6, 6.07) is 3.82. The Balaban J connectivity index is 2.41. The molecule has 0 saturated carbocycles. The maximum Gasteiger partial charge on any atom is 0.407 e. The summed E-state index contributed by atoms with van der Waals surface area (Å²) in [5.41, 5.74) is 0.505. The van der Waals surface area contributed by atoms with E-state index in [-0.39, 0.29) is 0 Å². The van der Waals surface area contributed by atoms with Gasteiger partial charge in [-0.05, 0) is 39.7 Å². The molecule has 0 aliphatic carbocycles. The summed E-state index contributed by atoms with van der Waals surface area (Å²) in [5, 5.41) is 9.21. The number of rotatable bonds is 10. The predicted octanol–water partition coefficient (Wildman–Crippen LogP) is 2.33. The average Bonchev–Trinajstić information content (AvgIpc) is 2.70. The third-order valence-electron chi connectivity index (χ3n) is 4.01. The second-order valence-corrected chi connectivity index (χ2v) is 7.45. The van der Waals surface area contributed by atoms with E-state index in [1.54, 1.807) is 28.4 Å². The molecule has 0 fully saturated rings.